The number of rotatable bonds is 3. The van der Waals surface area contributed by atoms with Crippen LogP contribution in [0.1, 0.15) is 29.6 Å². The first-order valence-corrected chi connectivity index (χ1v) is 6.52. The van der Waals surface area contributed by atoms with Crippen molar-refractivity contribution in [2.24, 2.45) is 0 Å². The molecule has 1 aromatic carbocycles. The average molecular weight is 265 g/mol. The molecule has 0 saturated carbocycles. The summed E-state index contributed by atoms with van der Waals surface area (Å²) in [6, 6.07) is 7.99. The molecule has 0 bridgehead atoms. The second kappa shape index (κ2) is 4.98. The van der Waals surface area contributed by atoms with E-state index in [1.807, 2.05) is 18.2 Å². The Morgan fingerprint density at radius 2 is 2.22 bits per heavy atom. The number of ether oxygens (including phenoxy) is 1. The number of halogens is 1. The first-order chi connectivity index (χ1) is 8.88. The van der Waals surface area contributed by atoms with Crippen LogP contribution in [-0.2, 0) is 6.42 Å². The molecule has 1 atom stereocenters. The molecule has 4 nitrogen and oxygen atoms in total. The molecule has 1 aliphatic heterocycles. The summed E-state index contributed by atoms with van der Waals surface area (Å²) in [5.74, 6) is 2.89. The van der Waals surface area contributed by atoms with Crippen LogP contribution in [0.4, 0.5) is 0 Å². The molecular formula is C13H13ClN2O2. The SMILES string of the molecule is ClCCc1nc(C2CCOc3ccccc32)no1. The van der Waals surface area contributed by atoms with Crippen LogP contribution in [0.2, 0.25) is 0 Å². The number of alkyl halides is 1. The molecule has 0 spiro atoms. The predicted octanol–water partition coefficient (Wildman–Crippen LogP) is 2.77. The van der Waals surface area contributed by atoms with Gasteiger partial charge in [-0.05, 0) is 12.5 Å². The summed E-state index contributed by atoms with van der Waals surface area (Å²) >= 11 is 5.66. The van der Waals surface area contributed by atoms with E-state index in [-0.39, 0.29) is 5.92 Å². The van der Waals surface area contributed by atoms with E-state index in [4.69, 9.17) is 20.9 Å². The smallest absolute Gasteiger partial charge is 0.227 e. The van der Waals surface area contributed by atoms with Crippen LogP contribution in [0, 0.1) is 0 Å². The van der Waals surface area contributed by atoms with Crippen LogP contribution in [-0.4, -0.2) is 22.6 Å². The zero-order valence-corrected chi connectivity index (χ0v) is 10.6. The minimum absolute atomic E-state index is 0.155. The summed E-state index contributed by atoms with van der Waals surface area (Å²) in [7, 11) is 0. The highest BCUT2D eigenvalue weighted by Gasteiger charge is 2.26. The molecule has 0 N–H and O–H groups in total. The molecule has 1 aromatic heterocycles. The molecular weight excluding hydrogens is 252 g/mol. The van der Waals surface area contributed by atoms with Gasteiger partial charge < -0.3 is 9.26 Å². The number of aryl methyl sites for hydroxylation is 1. The maximum absolute atomic E-state index is 5.66. The Morgan fingerprint density at radius 1 is 1.33 bits per heavy atom. The number of para-hydroxylation sites is 1. The zero-order chi connectivity index (χ0) is 12.4. The molecule has 3 rings (SSSR count). The van der Waals surface area contributed by atoms with Crippen molar-refractivity contribution < 1.29 is 9.26 Å². The predicted molar refractivity (Wildman–Crippen MR) is 67.1 cm³/mol. The Hall–Kier alpha value is -1.55. The van der Waals surface area contributed by atoms with Crippen molar-refractivity contribution in [2.45, 2.75) is 18.8 Å². The van der Waals surface area contributed by atoms with Crippen molar-refractivity contribution in [2.75, 3.05) is 12.5 Å². The van der Waals surface area contributed by atoms with Crippen LogP contribution in [0.3, 0.4) is 0 Å². The quantitative estimate of drug-likeness (QED) is 0.800. The van der Waals surface area contributed by atoms with E-state index in [0.717, 1.165) is 23.6 Å². The monoisotopic (exact) mass is 264 g/mol. The van der Waals surface area contributed by atoms with E-state index in [1.165, 1.54) is 0 Å². The number of aromatic nitrogens is 2. The highest BCUT2D eigenvalue weighted by Crippen LogP contribution is 2.36. The summed E-state index contributed by atoms with van der Waals surface area (Å²) in [5, 5.41) is 4.06. The third-order valence-corrected chi connectivity index (χ3v) is 3.25. The number of nitrogens with zero attached hydrogens (tertiary/aromatic N) is 2. The van der Waals surface area contributed by atoms with Crippen LogP contribution in [0.25, 0.3) is 0 Å². The van der Waals surface area contributed by atoms with Gasteiger partial charge in [-0.25, -0.2) is 0 Å². The van der Waals surface area contributed by atoms with Crippen LogP contribution in [0.5, 0.6) is 5.75 Å². The molecule has 18 heavy (non-hydrogen) atoms. The maximum atomic E-state index is 5.66. The van der Waals surface area contributed by atoms with Gasteiger partial charge in [0.25, 0.3) is 0 Å². The van der Waals surface area contributed by atoms with Crippen molar-refractivity contribution in [3.05, 3.63) is 41.5 Å². The first-order valence-electron chi connectivity index (χ1n) is 5.98. The van der Waals surface area contributed by atoms with Crippen molar-refractivity contribution in [3.63, 3.8) is 0 Å². The second-order valence-electron chi connectivity index (χ2n) is 4.21. The van der Waals surface area contributed by atoms with Crippen LogP contribution < -0.4 is 4.74 Å². The number of benzene rings is 1. The zero-order valence-electron chi connectivity index (χ0n) is 9.80. The van der Waals surface area contributed by atoms with Gasteiger partial charge in [0.15, 0.2) is 5.82 Å². The first kappa shape index (κ1) is 11.5. The van der Waals surface area contributed by atoms with E-state index in [1.54, 1.807) is 0 Å². The van der Waals surface area contributed by atoms with Gasteiger partial charge >= 0.3 is 0 Å². The van der Waals surface area contributed by atoms with Gasteiger partial charge in [-0.15, -0.1) is 11.6 Å². The second-order valence-corrected chi connectivity index (χ2v) is 4.59. The van der Waals surface area contributed by atoms with E-state index in [9.17, 15) is 0 Å². The van der Waals surface area contributed by atoms with Crippen LogP contribution in [0.15, 0.2) is 28.8 Å². The minimum Gasteiger partial charge on any atom is -0.493 e. The van der Waals surface area contributed by atoms with E-state index < -0.39 is 0 Å². The summed E-state index contributed by atoms with van der Waals surface area (Å²) in [6.07, 6.45) is 1.48. The molecule has 1 aliphatic rings. The lowest BCUT2D eigenvalue weighted by atomic mass is 9.92. The van der Waals surface area contributed by atoms with Crippen molar-refractivity contribution in [1.29, 1.82) is 0 Å². The van der Waals surface area contributed by atoms with Crippen molar-refractivity contribution in [1.82, 2.24) is 10.1 Å². The third-order valence-electron chi connectivity index (χ3n) is 3.06. The Labute approximate surface area is 110 Å². The fourth-order valence-corrected chi connectivity index (χ4v) is 2.36. The molecule has 0 radical (unpaired) electrons. The fourth-order valence-electron chi connectivity index (χ4n) is 2.20. The van der Waals surface area contributed by atoms with Gasteiger partial charge in [-0.1, -0.05) is 23.4 Å². The molecule has 0 saturated heterocycles. The minimum atomic E-state index is 0.155. The number of fused-ring (bicyclic) bond motifs is 1. The summed E-state index contributed by atoms with van der Waals surface area (Å²) in [4.78, 5) is 4.40. The molecule has 1 unspecified atom stereocenters. The third kappa shape index (κ3) is 2.08. The van der Waals surface area contributed by atoms with Gasteiger partial charge in [-0.3, -0.25) is 0 Å². The van der Waals surface area contributed by atoms with Gasteiger partial charge in [0.05, 0.1) is 12.5 Å². The molecule has 0 fully saturated rings. The highest BCUT2D eigenvalue weighted by molar-refractivity contribution is 6.17. The lowest BCUT2D eigenvalue weighted by Crippen LogP contribution is -2.16. The summed E-state index contributed by atoms with van der Waals surface area (Å²) < 4.78 is 10.8. The Balaban J connectivity index is 1.92. The molecule has 2 aromatic rings. The normalized spacial score (nSPS) is 18.2. The number of hydrogen-bond donors (Lipinski definition) is 0. The Bertz CT molecular complexity index is 541. The van der Waals surface area contributed by atoms with Crippen molar-refractivity contribution >= 4 is 11.6 Å². The molecule has 94 valence electrons. The lowest BCUT2D eigenvalue weighted by Gasteiger charge is -2.23. The summed E-state index contributed by atoms with van der Waals surface area (Å²) in [6.45, 7) is 0.682. The average Bonchev–Trinajstić information content (AvgIpc) is 2.87. The van der Waals surface area contributed by atoms with Gasteiger partial charge in [-0.2, -0.15) is 4.98 Å². The van der Waals surface area contributed by atoms with Gasteiger partial charge in [0.1, 0.15) is 5.75 Å². The fraction of sp³-hybridized carbons (Fsp3) is 0.385. The highest BCUT2D eigenvalue weighted by atomic mass is 35.5. The van der Waals surface area contributed by atoms with Gasteiger partial charge in [0, 0.05) is 17.9 Å². The largest absolute Gasteiger partial charge is 0.493 e. The van der Waals surface area contributed by atoms with E-state index >= 15 is 0 Å². The van der Waals surface area contributed by atoms with Crippen LogP contribution >= 0.6 is 11.6 Å². The standard InChI is InChI=1S/C13H13ClN2O2/c14-7-5-12-15-13(16-18-12)10-6-8-17-11-4-2-1-3-9(10)11/h1-4,10H,5-8H2. The summed E-state index contributed by atoms with van der Waals surface area (Å²) in [5.41, 5.74) is 1.13. The van der Waals surface area contributed by atoms with Crippen molar-refractivity contribution in [3.8, 4) is 5.75 Å². The topological polar surface area (TPSA) is 48.2 Å². The lowest BCUT2D eigenvalue weighted by molar-refractivity contribution is 0.272. The molecule has 5 heteroatoms. The number of hydrogen-bond acceptors (Lipinski definition) is 4. The van der Waals surface area contributed by atoms with Gasteiger partial charge in [0.2, 0.25) is 5.89 Å². The van der Waals surface area contributed by atoms with E-state index in [0.29, 0.717) is 24.8 Å². The molecule has 0 aliphatic carbocycles. The van der Waals surface area contributed by atoms with E-state index in [2.05, 4.69) is 16.2 Å². The maximum Gasteiger partial charge on any atom is 0.227 e. The Morgan fingerprint density at radius 3 is 3.11 bits per heavy atom. The molecule has 2 heterocycles. The Kier molecular flexibility index (Phi) is 3.19. The molecule has 0 amide bonds.